The zero-order chi connectivity index (χ0) is 20.4. The Balaban J connectivity index is 1.48. The Morgan fingerprint density at radius 3 is 2.90 bits per heavy atom. The van der Waals surface area contributed by atoms with Crippen LogP contribution in [0.25, 0.3) is 5.70 Å². The SMILES string of the molecule is CC(N)=C(C=N)C1=CN2C(c3ccc(CN4CCC(C#N)CC4)s3)=CNC2C=C1. The highest BCUT2D eigenvalue weighted by Crippen LogP contribution is 2.35. The highest BCUT2D eigenvalue weighted by Gasteiger charge is 2.28. The van der Waals surface area contributed by atoms with Gasteiger partial charge in [0.05, 0.1) is 16.6 Å². The summed E-state index contributed by atoms with van der Waals surface area (Å²) in [7, 11) is 0. The number of nitrogens with one attached hydrogen (secondary N) is 2. The predicted octanol–water partition coefficient (Wildman–Crippen LogP) is 3.35. The van der Waals surface area contributed by atoms with Gasteiger partial charge in [-0.05, 0) is 51.1 Å². The van der Waals surface area contributed by atoms with Crippen molar-refractivity contribution in [3.8, 4) is 6.07 Å². The second-order valence-electron chi connectivity index (χ2n) is 7.68. The Morgan fingerprint density at radius 2 is 2.21 bits per heavy atom. The fraction of sp³-hybridized carbons (Fsp3) is 0.364. The zero-order valence-corrected chi connectivity index (χ0v) is 17.4. The molecule has 4 N–H and O–H groups in total. The second kappa shape index (κ2) is 8.27. The van der Waals surface area contributed by atoms with Gasteiger partial charge < -0.3 is 21.4 Å². The first-order valence-corrected chi connectivity index (χ1v) is 10.7. The number of allylic oxidation sites excluding steroid dienone is 4. The molecule has 4 heterocycles. The number of likely N-dealkylation sites (tertiary alicyclic amines) is 1. The van der Waals surface area contributed by atoms with Crippen molar-refractivity contribution in [2.75, 3.05) is 13.1 Å². The van der Waals surface area contributed by atoms with E-state index in [1.165, 1.54) is 16.0 Å². The van der Waals surface area contributed by atoms with E-state index >= 15 is 0 Å². The third kappa shape index (κ3) is 4.00. The van der Waals surface area contributed by atoms with Gasteiger partial charge in [0.2, 0.25) is 0 Å². The van der Waals surface area contributed by atoms with E-state index in [1.54, 1.807) is 0 Å². The predicted molar refractivity (Wildman–Crippen MR) is 118 cm³/mol. The minimum absolute atomic E-state index is 0.0920. The van der Waals surface area contributed by atoms with Crippen LogP contribution in [0.4, 0.5) is 0 Å². The number of hydrogen-bond donors (Lipinski definition) is 3. The number of thiophene rings is 1. The van der Waals surface area contributed by atoms with Crippen molar-refractivity contribution in [1.29, 1.82) is 10.7 Å². The van der Waals surface area contributed by atoms with Crippen LogP contribution in [0.5, 0.6) is 0 Å². The van der Waals surface area contributed by atoms with Gasteiger partial charge in [-0.15, -0.1) is 11.3 Å². The molecule has 3 aliphatic rings. The molecule has 0 aliphatic carbocycles. The van der Waals surface area contributed by atoms with Crippen molar-refractivity contribution in [3.63, 3.8) is 0 Å². The van der Waals surface area contributed by atoms with Crippen LogP contribution >= 0.6 is 11.3 Å². The molecule has 1 aromatic rings. The first-order chi connectivity index (χ1) is 14.1. The van der Waals surface area contributed by atoms with Gasteiger partial charge in [0.25, 0.3) is 0 Å². The molecule has 1 saturated heterocycles. The van der Waals surface area contributed by atoms with Gasteiger partial charge in [-0.3, -0.25) is 4.90 Å². The number of nitriles is 1. The van der Waals surface area contributed by atoms with Crippen molar-refractivity contribution in [1.82, 2.24) is 15.1 Å². The standard InChI is InChI=1S/C22H26N6S/c1-15(25)19(11-24)17-2-5-22-26-12-20(28(22)13-17)21-4-3-18(29-21)14-27-8-6-16(10-23)7-9-27/h2-5,11-13,16,22,24,26H,6-9,14,25H2,1H3. The topological polar surface area (TPSA) is 92.2 Å². The van der Waals surface area contributed by atoms with E-state index in [0.29, 0.717) is 5.70 Å². The van der Waals surface area contributed by atoms with Crippen molar-refractivity contribution < 1.29 is 0 Å². The highest BCUT2D eigenvalue weighted by molar-refractivity contribution is 7.13. The molecule has 6 nitrogen and oxygen atoms in total. The van der Waals surface area contributed by atoms with Crippen LogP contribution in [0.2, 0.25) is 0 Å². The maximum absolute atomic E-state index is 9.07. The lowest BCUT2D eigenvalue weighted by Gasteiger charge is -2.28. The molecule has 3 aliphatic heterocycles. The van der Waals surface area contributed by atoms with Crippen molar-refractivity contribution in [2.24, 2.45) is 11.7 Å². The van der Waals surface area contributed by atoms with Gasteiger partial charge in [0, 0.05) is 52.8 Å². The van der Waals surface area contributed by atoms with Crippen molar-refractivity contribution in [2.45, 2.75) is 32.5 Å². The van der Waals surface area contributed by atoms with E-state index in [1.807, 2.05) is 24.3 Å². The molecule has 29 heavy (non-hydrogen) atoms. The minimum atomic E-state index is 0.0920. The van der Waals surface area contributed by atoms with E-state index in [0.717, 1.165) is 49.3 Å². The van der Waals surface area contributed by atoms with Crippen LogP contribution in [0.15, 0.2) is 53.5 Å². The quantitative estimate of drug-likeness (QED) is 0.652. The van der Waals surface area contributed by atoms with Crippen LogP contribution < -0.4 is 11.1 Å². The van der Waals surface area contributed by atoms with Crippen molar-refractivity contribution in [3.05, 3.63) is 63.3 Å². The van der Waals surface area contributed by atoms with Gasteiger partial charge in [-0.25, -0.2) is 0 Å². The molecule has 1 unspecified atom stereocenters. The van der Waals surface area contributed by atoms with E-state index < -0.39 is 0 Å². The Morgan fingerprint density at radius 1 is 1.41 bits per heavy atom. The Hall–Kier alpha value is -2.82. The molecule has 1 atom stereocenters. The largest absolute Gasteiger partial charge is 0.402 e. The van der Waals surface area contributed by atoms with Crippen molar-refractivity contribution >= 4 is 23.2 Å². The molecular formula is C22H26N6S. The molecule has 1 aromatic heterocycles. The number of nitrogens with two attached hydrogens (primary N) is 1. The summed E-state index contributed by atoms with van der Waals surface area (Å²) < 4.78 is 0. The summed E-state index contributed by atoms with van der Waals surface area (Å²) in [6.07, 6.45) is 11.6. The van der Waals surface area contributed by atoms with Gasteiger partial charge in [-0.1, -0.05) is 6.08 Å². The Labute approximate surface area is 175 Å². The third-order valence-electron chi connectivity index (χ3n) is 5.65. The summed E-state index contributed by atoms with van der Waals surface area (Å²) in [5.41, 5.74) is 9.43. The summed E-state index contributed by atoms with van der Waals surface area (Å²) in [6.45, 7) is 4.77. The number of fused-ring (bicyclic) bond motifs is 1. The summed E-state index contributed by atoms with van der Waals surface area (Å²) in [5, 5.41) is 20.2. The minimum Gasteiger partial charge on any atom is -0.402 e. The molecule has 0 saturated carbocycles. The summed E-state index contributed by atoms with van der Waals surface area (Å²) in [6, 6.07) is 6.79. The van der Waals surface area contributed by atoms with E-state index in [-0.39, 0.29) is 12.1 Å². The maximum atomic E-state index is 9.07. The monoisotopic (exact) mass is 406 g/mol. The lowest BCUT2D eigenvalue weighted by molar-refractivity contribution is 0.199. The zero-order valence-electron chi connectivity index (χ0n) is 16.6. The molecule has 0 spiro atoms. The fourth-order valence-electron chi connectivity index (χ4n) is 3.98. The first-order valence-electron chi connectivity index (χ1n) is 9.92. The molecule has 150 valence electrons. The Kier molecular flexibility index (Phi) is 5.56. The van der Waals surface area contributed by atoms with Crippen LogP contribution in [0, 0.1) is 22.7 Å². The van der Waals surface area contributed by atoms with E-state index in [9.17, 15) is 0 Å². The molecule has 1 fully saturated rings. The molecule has 4 rings (SSSR count). The average Bonchev–Trinajstić information content (AvgIpc) is 3.35. The number of piperidine rings is 1. The fourth-order valence-corrected chi connectivity index (χ4v) is 5.05. The first kappa shape index (κ1) is 19.5. The summed E-state index contributed by atoms with van der Waals surface area (Å²) in [4.78, 5) is 7.21. The van der Waals surface area contributed by atoms with Crippen LogP contribution in [-0.4, -0.2) is 35.3 Å². The maximum Gasteiger partial charge on any atom is 0.122 e. The van der Waals surface area contributed by atoms with Crippen LogP contribution in [-0.2, 0) is 6.54 Å². The molecule has 0 bridgehead atoms. The smallest absolute Gasteiger partial charge is 0.122 e. The summed E-state index contributed by atoms with van der Waals surface area (Å²) >= 11 is 1.82. The number of hydrogen-bond acceptors (Lipinski definition) is 7. The van der Waals surface area contributed by atoms with E-state index in [4.69, 9.17) is 16.4 Å². The van der Waals surface area contributed by atoms with Gasteiger partial charge in [0.1, 0.15) is 6.17 Å². The number of nitrogens with zero attached hydrogens (tertiary/aromatic N) is 3. The van der Waals surface area contributed by atoms with Crippen LogP contribution in [0.1, 0.15) is 29.5 Å². The lowest BCUT2D eigenvalue weighted by Crippen LogP contribution is -2.33. The molecular weight excluding hydrogens is 380 g/mol. The van der Waals surface area contributed by atoms with Gasteiger partial charge in [0.15, 0.2) is 0 Å². The average molecular weight is 407 g/mol. The lowest BCUT2D eigenvalue weighted by atomic mass is 9.99. The van der Waals surface area contributed by atoms with Gasteiger partial charge in [-0.2, -0.15) is 5.26 Å². The summed E-state index contributed by atoms with van der Waals surface area (Å²) in [5.74, 6) is 0.224. The third-order valence-corrected chi connectivity index (χ3v) is 6.74. The number of rotatable bonds is 5. The van der Waals surface area contributed by atoms with Gasteiger partial charge >= 0.3 is 0 Å². The molecule has 0 aromatic carbocycles. The highest BCUT2D eigenvalue weighted by atomic mass is 32.1. The van der Waals surface area contributed by atoms with Crippen LogP contribution in [0.3, 0.4) is 0 Å². The Bertz CT molecular complexity index is 948. The second-order valence-corrected chi connectivity index (χ2v) is 8.85. The van der Waals surface area contributed by atoms with E-state index in [2.05, 4.69) is 51.8 Å². The molecule has 7 heteroatoms. The molecule has 0 amide bonds. The molecule has 0 radical (unpaired) electrons. The normalized spacial score (nSPS) is 22.9.